The summed E-state index contributed by atoms with van der Waals surface area (Å²) in [6.07, 6.45) is 0. The van der Waals surface area contributed by atoms with Crippen molar-refractivity contribution < 1.29 is 5.11 Å². The molecule has 0 unspecified atom stereocenters. The molecule has 0 aliphatic carbocycles. The average Bonchev–Trinajstić information content (AvgIpc) is 2.48. The van der Waals surface area contributed by atoms with Crippen LogP contribution in [0.25, 0.3) is 0 Å². The lowest BCUT2D eigenvalue weighted by Crippen LogP contribution is -2.22. The highest BCUT2D eigenvalue weighted by Gasteiger charge is 2.07. The Hall–Kier alpha value is -1.51. The number of benzene rings is 2. The van der Waals surface area contributed by atoms with Crippen molar-refractivity contribution in [1.82, 2.24) is 0 Å². The molecule has 0 bridgehead atoms. The number of anilines is 1. The summed E-state index contributed by atoms with van der Waals surface area (Å²) in [6, 6.07) is 14.2. The Balaban J connectivity index is 2.21. The normalized spacial score (nSPS) is 10.6. The fourth-order valence-electron chi connectivity index (χ4n) is 2.26. The summed E-state index contributed by atoms with van der Waals surface area (Å²) in [5, 5.41) is 10.0. The zero-order valence-electron chi connectivity index (χ0n) is 11.9. The minimum Gasteiger partial charge on any atom is -0.392 e. The quantitative estimate of drug-likeness (QED) is 0.893. The molecule has 0 atom stereocenters. The van der Waals surface area contributed by atoms with E-state index in [1.165, 1.54) is 11.3 Å². The predicted molar refractivity (Wildman–Crippen MR) is 85.3 cm³/mol. The summed E-state index contributed by atoms with van der Waals surface area (Å²) in [5.74, 6) is 0. The number of nitrogens with zero attached hydrogens (tertiary/aromatic N) is 1. The van der Waals surface area contributed by atoms with Crippen molar-refractivity contribution in [2.24, 2.45) is 0 Å². The van der Waals surface area contributed by atoms with Gasteiger partial charge in [0.15, 0.2) is 0 Å². The van der Waals surface area contributed by atoms with Gasteiger partial charge in [0.2, 0.25) is 0 Å². The van der Waals surface area contributed by atoms with Crippen LogP contribution in [0.15, 0.2) is 42.5 Å². The van der Waals surface area contributed by atoms with Crippen molar-refractivity contribution in [3.8, 4) is 0 Å². The van der Waals surface area contributed by atoms with Crippen molar-refractivity contribution in [2.75, 3.05) is 11.4 Å². The van der Waals surface area contributed by atoms with Crippen LogP contribution in [0.4, 0.5) is 5.69 Å². The van der Waals surface area contributed by atoms with E-state index in [1.807, 2.05) is 31.2 Å². The van der Waals surface area contributed by atoms with Crippen LogP contribution in [-0.2, 0) is 13.2 Å². The van der Waals surface area contributed by atoms with E-state index in [2.05, 4.69) is 30.0 Å². The smallest absolute Gasteiger partial charge is 0.0681 e. The molecule has 2 aromatic carbocycles. The summed E-state index contributed by atoms with van der Waals surface area (Å²) in [5.41, 5.74) is 4.41. The van der Waals surface area contributed by atoms with Crippen molar-refractivity contribution >= 4 is 17.3 Å². The van der Waals surface area contributed by atoms with Gasteiger partial charge in [0.05, 0.1) is 6.61 Å². The van der Waals surface area contributed by atoms with Crippen molar-refractivity contribution in [1.29, 1.82) is 0 Å². The van der Waals surface area contributed by atoms with E-state index in [-0.39, 0.29) is 6.61 Å². The Bertz CT molecular complexity index is 583. The number of aryl methyl sites for hydroxylation is 1. The van der Waals surface area contributed by atoms with Gasteiger partial charge in [0.25, 0.3) is 0 Å². The van der Waals surface area contributed by atoms with Crippen LogP contribution in [0.2, 0.25) is 5.02 Å². The molecule has 2 aromatic rings. The van der Waals surface area contributed by atoms with Gasteiger partial charge in [0, 0.05) is 23.8 Å². The molecule has 0 aliphatic rings. The third-order valence-corrected chi connectivity index (χ3v) is 3.86. The number of hydrogen-bond donors (Lipinski definition) is 1. The SMILES string of the molecule is CCN(Cc1cccc(CO)c1)c1ccc(Cl)c(C)c1. The van der Waals surface area contributed by atoms with Crippen molar-refractivity contribution in [2.45, 2.75) is 27.0 Å². The summed E-state index contributed by atoms with van der Waals surface area (Å²) in [4.78, 5) is 2.29. The molecule has 0 aromatic heterocycles. The van der Waals surface area contributed by atoms with Gasteiger partial charge in [-0.25, -0.2) is 0 Å². The zero-order valence-corrected chi connectivity index (χ0v) is 12.7. The molecule has 106 valence electrons. The van der Waals surface area contributed by atoms with E-state index >= 15 is 0 Å². The molecule has 0 saturated carbocycles. The second-order valence-electron chi connectivity index (χ2n) is 4.93. The van der Waals surface area contributed by atoms with Crippen molar-refractivity contribution in [3.05, 3.63) is 64.2 Å². The van der Waals surface area contributed by atoms with Gasteiger partial charge < -0.3 is 10.0 Å². The molecule has 20 heavy (non-hydrogen) atoms. The third kappa shape index (κ3) is 3.53. The first-order valence-electron chi connectivity index (χ1n) is 6.83. The first kappa shape index (κ1) is 14.9. The van der Waals surface area contributed by atoms with Gasteiger partial charge in [0.1, 0.15) is 0 Å². The van der Waals surface area contributed by atoms with Gasteiger partial charge in [-0.2, -0.15) is 0 Å². The minimum atomic E-state index is 0.0834. The highest BCUT2D eigenvalue weighted by molar-refractivity contribution is 6.31. The lowest BCUT2D eigenvalue weighted by Gasteiger charge is -2.24. The average molecular weight is 290 g/mol. The molecule has 3 heteroatoms. The monoisotopic (exact) mass is 289 g/mol. The maximum Gasteiger partial charge on any atom is 0.0681 e. The minimum absolute atomic E-state index is 0.0834. The second-order valence-corrected chi connectivity index (χ2v) is 5.33. The first-order valence-corrected chi connectivity index (χ1v) is 7.21. The predicted octanol–water partition coefficient (Wildman–Crippen LogP) is 4.17. The van der Waals surface area contributed by atoms with E-state index < -0.39 is 0 Å². The van der Waals surface area contributed by atoms with Crippen LogP contribution in [0.3, 0.4) is 0 Å². The fourth-order valence-corrected chi connectivity index (χ4v) is 2.38. The van der Waals surface area contributed by atoms with E-state index in [1.54, 1.807) is 0 Å². The van der Waals surface area contributed by atoms with Gasteiger partial charge in [-0.1, -0.05) is 35.9 Å². The number of aliphatic hydroxyl groups is 1. The molecule has 0 radical (unpaired) electrons. The topological polar surface area (TPSA) is 23.5 Å². The lowest BCUT2D eigenvalue weighted by atomic mass is 10.1. The van der Waals surface area contributed by atoms with Gasteiger partial charge in [-0.15, -0.1) is 0 Å². The molecule has 0 amide bonds. The largest absolute Gasteiger partial charge is 0.392 e. The second kappa shape index (κ2) is 6.78. The molecule has 1 N–H and O–H groups in total. The molecule has 0 saturated heterocycles. The van der Waals surface area contributed by atoms with E-state index in [9.17, 15) is 5.11 Å². The van der Waals surface area contributed by atoms with Crippen LogP contribution in [-0.4, -0.2) is 11.7 Å². The molecule has 0 heterocycles. The molecule has 0 aliphatic heterocycles. The first-order chi connectivity index (χ1) is 9.63. The number of halogens is 1. The maximum absolute atomic E-state index is 9.21. The summed E-state index contributed by atoms with van der Waals surface area (Å²) in [6.45, 7) is 5.99. The molecular weight excluding hydrogens is 270 g/mol. The Kier molecular flexibility index (Phi) is 5.05. The molecule has 0 fully saturated rings. The maximum atomic E-state index is 9.21. The van der Waals surface area contributed by atoms with Crippen LogP contribution >= 0.6 is 11.6 Å². The standard InChI is InChI=1S/C17H20ClNO/c1-3-19(16-7-8-17(18)13(2)9-16)11-14-5-4-6-15(10-14)12-20/h4-10,20H,3,11-12H2,1-2H3. The Morgan fingerprint density at radius 1 is 1.10 bits per heavy atom. The van der Waals surface area contributed by atoms with Crippen LogP contribution in [0, 0.1) is 6.92 Å². The highest BCUT2D eigenvalue weighted by Crippen LogP contribution is 2.24. The number of aliphatic hydroxyl groups excluding tert-OH is 1. The molecule has 2 nitrogen and oxygen atoms in total. The van der Waals surface area contributed by atoms with Crippen LogP contribution in [0.5, 0.6) is 0 Å². The third-order valence-electron chi connectivity index (χ3n) is 3.44. The Labute approximate surface area is 125 Å². The highest BCUT2D eigenvalue weighted by atomic mass is 35.5. The molecular formula is C17H20ClNO. The van der Waals surface area contributed by atoms with Crippen molar-refractivity contribution in [3.63, 3.8) is 0 Å². The number of rotatable bonds is 5. The molecule has 2 rings (SSSR count). The Morgan fingerprint density at radius 2 is 1.85 bits per heavy atom. The van der Waals surface area contributed by atoms with Gasteiger partial charge in [-0.3, -0.25) is 0 Å². The van der Waals surface area contributed by atoms with E-state index in [4.69, 9.17) is 11.6 Å². The summed E-state index contributed by atoms with van der Waals surface area (Å²) in [7, 11) is 0. The van der Waals surface area contributed by atoms with E-state index in [0.29, 0.717) is 0 Å². The zero-order chi connectivity index (χ0) is 14.5. The lowest BCUT2D eigenvalue weighted by molar-refractivity contribution is 0.281. The van der Waals surface area contributed by atoms with E-state index in [0.717, 1.165) is 29.2 Å². The van der Waals surface area contributed by atoms with Gasteiger partial charge in [-0.05, 0) is 48.7 Å². The Morgan fingerprint density at radius 3 is 2.50 bits per heavy atom. The van der Waals surface area contributed by atoms with Crippen LogP contribution < -0.4 is 4.90 Å². The summed E-state index contributed by atoms with van der Waals surface area (Å²) >= 11 is 6.08. The fraction of sp³-hybridized carbons (Fsp3) is 0.294. The van der Waals surface area contributed by atoms with Crippen LogP contribution in [0.1, 0.15) is 23.6 Å². The summed E-state index contributed by atoms with van der Waals surface area (Å²) < 4.78 is 0. The number of hydrogen-bond acceptors (Lipinski definition) is 2. The molecule has 0 spiro atoms. The van der Waals surface area contributed by atoms with Gasteiger partial charge >= 0.3 is 0 Å².